The smallest absolute Gasteiger partial charge is 0.158 e. The van der Waals surface area contributed by atoms with Crippen molar-refractivity contribution in [2.75, 3.05) is 0 Å². The molecule has 0 unspecified atom stereocenters. The van der Waals surface area contributed by atoms with E-state index < -0.39 is 19.7 Å². The van der Waals surface area contributed by atoms with Crippen molar-refractivity contribution in [1.82, 2.24) is 0 Å². The number of hydrogen-bond donors (Lipinski definition) is 0. The third-order valence-electron chi connectivity index (χ3n) is 4.27. The lowest BCUT2D eigenvalue weighted by Crippen LogP contribution is -2.10. The van der Waals surface area contributed by atoms with Crippen molar-refractivity contribution < 1.29 is 16.8 Å². The number of aryl methyl sites for hydroxylation is 2. The highest BCUT2D eigenvalue weighted by Crippen LogP contribution is 2.24. The third-order valence-corrected chi connectivity index (χ3v) is 7.32. The van der Waals surface area contributed by atoms with Gasteiger partial charge in [0.2, 0.25) is 0 Å². The van der Waals surface area contributed by atoms with Gasteiger partial charge in [0.1, 0.15) is 0 Å². The van der Waals surface area contributed by atoms with Crippen LogP contribution in [0, 0.1) is 13.8 Å². The summed E-state index contributed by atoms with van der Waals surface area (Å²) in [5.41, 5.74) is 4.40. The molecule has 128 valence electrons. The molecule has 2 aliphatic heterocycles. The van der Waals surface area contributed by atoms with Crippen LogP contribution in [0.5, 0.6) is 0 Å². The Morgan fingerprint density at radius 3 is 1.67 bits per heavy atom. The first-order valence-corrected chi connectivity index (χ1v) is 11.4. The first kappa shape index (κ1) is 17.2. The Kier molecular flexibility index (Phi) is 4.30. The van der Waals surface area contributed by atoms with E-state index in [4.69, 9.17) is 0 Å². The van der Waals surface area contributed by atoms with E-state index in [0.717, 1.165) is 16.7 Å². The summed E-state index contributed by atoms with van der Waals surface area (Å²) in [7, 11) is -6.65. The Labute approximate surface area is 143 Å². The molecule has 0 saturated heterocycles. The van der Waals surface area contributed by atoms with E-state index in [2.05, 4.69) is 0 Å². The zero-order chi connectivity index (χ0) is 17.5. The first-order chi connectivity index (χ1) is 11.1. The van der Waals surface area contributed by atoms with Crippen LogP contribution < -0.4 is 0 Å². The van der Waals surface area contributed by atoms with Gasteiger partial charge < -0.3 is 0 Å². The molecule has 24 heavy (non-hydrogen) atoms. The number of benzene rings is 2. The van der Waals surface area contributed by atoms with Crippen LogP contribution in [0.15, 0.2) is 36.4 Å². The summed E-state index contributed by atoms with van der Waals surface area (Å²) >= 11 is 0. The SMILES string of the molecule is Cc1cc2cc(C)c1CS(=O)(=O)Cc1cccc(c1)CS(=O)(=O)C2. The Balaban J connectivity index is 2.19. The fraction of sp³-hybridized carbons (Fsp3) is 0.333. The maximum Gasteiger partial charge on any atom is 0.158 e. The standard InChI is InChI=1S/C18H20O4S2/c1-13-6-17-7-14(2)18(13)12-24(21,22)10-16-5-3-4-15(8-16)9-23(19,20)11-17/h3-8H,9-12H2,1-2H3. The topological polar surface area (TPSA) is 68.3 Å². The summed E-state index contributed by atoms with van der Waals surface area (Å²) in [5, 5.41) is 0. The summed E-state index contributed by atoms with van der Waals surface area (Å²) in [6.45, 7) is 3.68. The molecule has 2 aliphatic rings. The van der Waals surface area contributed by atoms with Gasteiger partial charge >= 0.3 is 0 Å². The second kappa shape index (κ2) is 6.01. The molecule has 0 atom stereocenters. The highest BCUT2D eigenvalue weighted by Gasteiger charge is 2.20. The summed E-state index contributed by atoms with van der Waals surface area (Å²) < 4.78 is 50.2. The Morgan fingerprint density at radius 2 is 1.12 bits per heavy atom. The Morgan fingerprint density at radius 1 is 0.667 bits per heavy atom. The van der Waals surface area contributed by atoms with Crippen LogP contribution in [0.25, 0.3) is 0 Å². The molecule has 4 nitrogen and oxygen atoms in total. The minimum absolute atomic E-state index is 0.0259. The Hall–Kier alpha value is -1.66. The van der Waals surface area contributed by atoms with E-state index in [1.807, 2.05) is 13.8 Å². The summed E-state index contributed by atoms with van der Waals surface area (Å²) in [6, 6.07) is 10.5. The van der Waals surface area contributed by atoms with Crippen molar-refractivity contribution in [2.24, 2.45) is 0 Å². The predicted octanol–water partition coefficient (Wildman–Crippen LogP) is 2.85. The maximum atomic E-state index is 12.6. The molecule has 4 bridgehead atoms. The molecule has 2 aromatic carbocycles. The third kappa shape index (κ3) is 3.87. The van der Waals surface area contributed by atoms with Gasteiger partial charge in [0.15, 0.2) is 19.7 Å². The molecule has 0 aliphatic carbocycles. The van der Waals surface area contributed by atoms with E-state index in [0.29, 0.717) is 16.7 Å². The molecule has 0 N–H and O–H groups in total. The molecule has 0 saturated carbocycles. The molecular formula is C18H20O4S2. The van der Waals surface area contributed by atoms with Crippen molar-refractivity contribution in [3.8, 4) is 0 Å². The van der Waals surface area contributed by atoms with Gasteiger partial charge in [-0.05, 0) is 47.2 Å². The molecule has 0 amide bonds. The van der Waals surface area contributed by atoms with E-state index in [-0.39, 0.29) is 23.0 Å². The monoisotopic (exact) mass is 364 g/mol. The fourth-order valence-corrected chi connectivity index (χ4v) is 6.44. The van der Waals surface area contributed by atoms with Crippen molar-refractivity contribution in [1.29, 1.82) is 0 Å². The average Bonchev–Trinajstić information content (AvgIpc) is 2.41. The highest BCUT2D eigenvalue weighted by atomic mass is 32.2. The molecule has 0 fully saturated rings. The zero-order valence-electron chi connectivity index (χ0n) is 13.7. The van der Waals surface area contributed by atoms with Gasteiger partial charge in [-0.25, -0.2) is 16.8 Å². The van der Waals surface area contributed by atoms with Gasteiger partial charge in [0, 0.05) is 0 Å². The lowest BCUT2D eigenvalue weighted by atomic mass is 10.0. The van der Waals surface area contributed by atoms with E-state index in [9.17, 15) is 16.8 Å². The van der Waals surface area contributed by atoms with Crippen LogP contribution >= 0.6 is 0 Å². The van der Waals surface area contributed by atoms with Gasteiger partial charge in [-0.3, -0.25) is 0 Å². The molecule has 0 radical (unpaired) electrons. The van der Waals surface area contributed by atoms with Gasteiger partial charge in [0.25, 0.3) is 0 Å². The van der Waals surface area contributed by atoms with Crippen molar-refractivity contribution in [3.05, 3.63) is 69.8 Å². The average molecular weight is 364 g/mol. The van der Waals surface area contributed by atoms with Gasteiger partial charge in [-0.15, -0.1) is 0 Å². The number of sulfone groups is 2. The summed E-state index contributed by atoms with van der Waals surface area (Å²) in [6.07, 6.45) is 0. The minimum Gasteiger partial charge on any atom is -0.228 e. The number of hydrogen-bond acceptors (Lipinski definition) is 4. The van der Waals surface area contributed by atoms with Crippen LogP contribution in [0.3, 0.4) is 0 Å². The van der Waals surface area contributed by atoms with E-state index >= 15 is 0 Å². The van der Waals surface area contributed by atoms with Gasteiger partial charge in [-0.2, -0.15) is 0 Å². The molecule has 0 spiro atoms. The normalized spacial score (nSPS) is 19.1. The minimum atomic E-state index is -3.33. The maximum absolute atomic E-state index is 12.6. The lowest BCUT2D eigenvalue weighted by molar-refractivity contribution is 0.592. The molecule has 0 aromatic heterocycles. The fourth-order valence-electron chi connectivity index (χ4n) is 3.29. The molecule has 2 aromatic rings. The van der Waals surface area contributed by atoms with E-state index in [1.165, 1.54) is 0 Å². The molecule has 6 heteroatoms. The lowest BCUT2D eigenvalue weighted by Gasteiger charge is -2.13. The Bertz CT molecular complexity index is 980. The quantitative estimate of drug-likeness (QED) is 0.721. The summed E-state index contributed by atoms with van der Waals surface area (Å²) in [4.78, 5) is 0. The predicted molar refractivity (Wildman–Crippen MR) is 95.0 cm³/mol. The van der Waals surface area contributed by atoms with Gasteiger partial charge in [0.05, 0.1) is 23.0 Å². The second-order valence-electron chi connectivity index (χ2n) is 6.59. The first-order valence-electron chi connectivity index (χ1n) is 7.71. The molecular weight excluding hydrogens is 344 g/mol. The highest BCUT2D eigenvalue weighted by molar-refractivity contribution is 7.90. The van der Waals surface area contributed by atoms with E-state index in [1.54, 1.807) is 36.4 Å². The summed E-state index contributed by atoms with van der Waals surface area (Å²) in [5.74, 6) is -0.226. The van der Waals surface area contributed by atoms with Crippen LogP contribution in [0.4, 0.5) is 0 Å². The number of fused-ring (bicyclic) bond motifs is 6. The largest absolute Gasteiger partial charge is 0.228 e. The van der Waals surface area contributed by atoms with Gasteiger partial charge in [-0.1, -0.05) is 36.4 Å². The second-order valence-corrected chi connectivity index (χ2v) is 10.7. The van der Waals surface area contributed by atoms with Crippen molar-refractivity contribution in [3.63, 3.8) is 0 Å². The molecule has 2 heterocycles. The van der Waals surface area contributed by atoms with Crippen LogP contribution in [0.2, 0.25) is 0 Å². The van der Waals surface area contributed by atoms with Crippen LogP contribution in [-0.2, 0) is 42.7 Å². The van der Waals surface area contributed by atoms with Crippen LogP contribution in [0.1, 0.15) is 33.4 Å². The van der Waals surface area contributed by atoms with Crippen molar-refractivity contribution in [2.45, 2.75) is 36.9 Å². The zero-order valence-corrected chi connectivity index (χ0v) is 15.4. The van der Waals surface area contributed by atoms with Crippen molar-refractivity contribution >= 4 is 19.7 Å². The number of rotatable bonds is 0. The molecule has 4 rings (SSSR count). The van der Waals surface area contributed by atoms with Crippen LogP contribution in [-0.4, -0.2) is 16.8 Å².